The molecule has 0 fully saturated rings. The van der Waals surface area contributed by atoms with Crippen molar-refractivity contribution in [3.05, 3.63) is 41.5 Å². The molecular formula is C15H18N2O4. The van der Waals surface area contributed by atoms with Gasteiger partial charge < -0.3 is 9.64 Å². The summed E-state index contributed by atoms with van der Waals surface area (Å²) in [5.41, 5.74) is 2.96. The van der Waals surface area contributed by atoms with Crippen LogP contribution in [0.25, 0.3) is 0 Å². The van der Waals surface area contributed by atoms with Crippen LogP contribution in [0.5, 0.6) is 5.75 Å². The molecule has 0 radical (unpaired) electrons. The van der Waals surface area contributed by atoms with Gasteiger partial charge in [0.25, 0.3) is 0 Å². The zero-order chi connectivity index (χ0) is 15.2. The van der Waals surface area contributed by atoms with E-state index in [-0.39, 0.29) is 12.3 Å². The van der Waals surface area contributed by atoms with Gasteiger partial charge in [-0.1, -0.05) is 18.2 Å². The first kappa shape index (κ1) is 15.1. The van der Waals surface area contributed by atoms with E-state index in [1.165, 1.54) is 0 Å². The third kappa shape index (κ3) is 3.82. The fraction of sp³-hybridized carbons (Fsp3) is 0.333. The molecule has 2 N–H and O–H groups in total. The Kier molecular flexibility index (Phi) is 4.94. The molecule has 1 aliphatic heterocycles. The summed E-state index contributed by atoms with van der Waals surface area (Å²) in [4.78, 5) is 25.1. The van der Waals surface area contributed by atoms with Gasteiger partial charge in [-0.25, -0.2) is 5.48 Å². The summed E-state index contributed by atoms with van der Waals surface area (Å²) < 4.78 is 5.10. The molecule has 1 aromatic carbocycles. The van der Waals surface area contributed by atoms with Gasteiger partial charge in [-0.05, 0) is 24.1 Å². The van der Waals surface area contributed by atoms with Gasteiger partial charge in [0.15, 0.2) is 0 Å². The highest BCUT2D eigenvalue weighted by molar-refractivity contribution is 5.99. The van der Waals surface area contributed by atoms with Crippen molar-refractivity contribution in [3.63, 3.8) is 0 Å². The molecule has 6 nitrogen and oxygen atoms in total. The maximum absolute atomic E-state index is 12.3. The van der Waals surface area contributed by atoms with Gasteiger partial charge in [0.05, 0.1) is 13.5 Å². The number of hydroxylamine groups is 1. The second kappa shape index (κ2) is 6.90. The lowest BCUT2D eigenvalue weighted by Crippen LogP contribution is -2.36. The van der Waals surface area contributed by atoms with Gasteiger partial charge in [-0.15, -0.1) is 0 Å². The molecule has 0 atom stereocenters. The molecule has 1 aromatic rings. The molecule has 1 aliphatic rings. The number of hydrogen-bond acceptors (Lipinski definition) is 4. The second-order valence-electron chi connectivity index (χ2n) is 4.80. The second-order valence-corrected chi connectivity index (χ2v) is 4.80. The van der Waals surface area contributed by atoms with Crippen LogP contribution >= 0.6 is 0 Å². The molecule has 0 spiro atoms. The SMILES string of the molecule is COc1ccc(CN2CCC=C(CC(=O)NO)C2=O)cc1. The molecule has 112 valence electrons. The summed E-state index contributed by atoms with van der Waals surface area (Å²) in [7, 11) is 1.60. The highest BCUT2D eigenvalue weighted by Gasteiger charge is 2.23. The van der Waals surface area contributed by atoms with Crippen LogP contribution in [0.3, 0.4) is 0 Å². The third-order valence-electron chi connectivity index (χ3n) is 3.36. The largest absolute Gasteiger partial charge is 0.497 e. The first-order valence-electron chi connectivity index (χ1n) is 6.68. The van der Waals surface area contributed by atoms with Gasteiger partial charge in [0.1, 0.15) is 5.75 Å². The Labute approximate surface area is 123 Å². The van der Waals surface area contributed by atoms with Crippen molar-refractivity contribution in [2.24, 2.45) is 0 Å². The number of nitrogens with one attached hydrogen (secondary N) is 1. The number of methoxy groups -OCH3 is 1. The van der Waals surface area contributed by atoms with Gasteiger partial charge in [0, 0.05) is 18.7 Å². The smallest absolute Gasteiger partial charge is 0.250 e. The molecule has 0 saturated carbocycles. The number of hydrogen-bond donors (Lipinski definition) is 2. The van der Waals surface area contributed by atoms with Crippen LogP contribution in [0, 0.1) is 0 Å². The van der Waals surface area contributed by atoms with E-state index in [0.29, 0.717) is 25.1 Å². The summed E-state index contributed by atoms with van der Waals surface area (Å²) in [6, 6.07) is 7.51. The van der Waals surface area contributed by atoms with E-state index in [0.717, 1.165) is 11.3 Å². The van der Waals surface area contributed by atoms with Crippen molar-refractivity contribution < 1.29 is 19.5 Å². The number of ether oxygens (including phenoxy) is 1. The summed E-state index contributed by atoms with van der Waals surface area (Å²) in [6.45, 7) is 1.11. The highest BCUT2D eigenvalue weighted by atomic mass is 16.5. The molecule has 0 aliphatic carbocycles. The van der Waals surface area contributed by atoms with E-state index in [1.54, 1.807) is 23.6 Å². The van der Waals surface area contributed by atoms with Crippen LogP contribution in [-0.2, 0) is 16.1 Å². The van der Waals surface area contributed by atoms with Crippen molar-refractivity contribution in [2.75, 3.05) is 13.7 Å². The minimum Gasteiger partial charge on any atom is -0.497 e. The average molecular weight is 290 g/mol. The standard InChI is InChI=1S/C15H18N2O4/c1-21-13-6-4-11(5-7-13)10-17-8-2-3-12(15(17)19)9-14(18)16-20/h3-7,20H,2,8-10H2,1H3,(H,16,18). The van der Waals surface area contributed by atoms with Crippen LogP contribution in [0.15, 0.2) is 35.9 Å². The molecule has 6 heteroatoms. The fourth-order valence-electron chi connectivity index (χ4n) is 2.25. The maximum atomic E-state index is 12.3. The normalized spacial score (nSPS) is 14.7. The zero-order valence-electron chi connectivity index (χ0n) is 11.8. The third-order valence-corrected chi connectivity index (χ3v) is 3.36. The van der Waals surface area contributed by atoms with Crippen molar-refractivity contribution >= 4 is 11.8 Å². The Balaban J connectivity index is 2.02. The lowest BCUT2D eigenvalue weighted by atomic mass is 10.0. The van der Waals surface area contributed by atoms with Crippen LogP contribution in [-0.4, -0.2) is 35.6 Å². The van der Waals surface area contributed by atoms with Crippen molar-refractivity contribution in [2.45, 2.75) is 19.4 Å². The van der Waals surface area contributed by atoms with E-state index in [9.17, 15) is 9.59 Å². The van der Waals surface area contributed by atoms with Crippen LogP contribution in [0.1, 0.15) is 18.4 Å². The monoisotopic (exact) mass is 290 g/mol. The molecule has 0 aromatic heterocycles. The van der Waals surface area contributed by atoms with Crippen molar-refractivity contribution in [1.82, 2.24) is 10.4 Å². The summed E-state index contributed by atoms with van der Waals surface area (Å²) >= 11 is 0. The Hall–Kier alpha value is -2.34. The quantitative estimate of drug-likeness (QED) is 0.632. The molecule has 2 rings (SSSR count). The first-order valence-corrected chi connectivity index (χ1v) is 6.68. The van der Waals surface area contributed by atoms with Crippen molar-refractivity contribution in [1.29, 1.82) is 0 Å². The van der Waals surface area contributed by atoms with Gasteiger partial charge >= 0.3 is 0 Å². The maximum Gasteiger partial charge on any atom is 0.250 e. The van der Waals surface area contributed by atoms with E-state index in [4.69, 9.17) is 9.94 Å². The van der Waals surface area contributed by atoms with Crippen LogP contribution < -0.4 is 10.2 Å². The average Bonchev–Trinajstić information content (AvgIpc) is 2.52. The Morgan fingerprint density at radius 3 is 2.71 bits per heavy atom. The van der Waals surface area contributed by atoms with E-state index < -0.39 is 5.91 Å². The minimum absolute atomic E-state index is 0.103. The highest BCUT2D eigenvalue weighted by Crippen LogP contribution is 2.19. The number of amides is 2. The summed E-state index contributed by atoms with van der Waals surface area (Å²) in [5, 5.41) is 8.54. The molecule has 21 heavy (non-hydrogen) atoms. The number of nitrogens with zero attached hydrogens (tertiary/aromatic N) is 1. The van der Waals surface area contributed by atoms with Gasteiger partial charge in [-0.3, -0.25) is 14.8 Å². The Morgan fingerprint density at radius 1 is 1.38 bits per heavy atom. The molecule has 0 saturated heterocycles. The van der Waals surface area contributed by atoms with Gasteiger partial charge in [0.2, 0.25) is 11.8 Å². The Bertz CT molecular complexity index is 551. The summed E-state index contributed by atoms with van der Waals surface area (Å²) in [5.74, 6) is 0.0190. The van der Waals surface area contributed by atoms with E-state index >= 15 is 0 Å². The van der Waals surface area contributed by atoms with E-state index in [1.807, 2.05) is 24.3 Å². The lowest BCUT2D eigenvalue weighted by Gasteiger charge is -2.27. The van der Waals surface area contributed by atoms with Crippen LogP contribution in [0.4, 0.5) is 0 Å². The predicted octanol–water partition coefficient (Wildman–Crippen LogP) is 1.25. The number of carbonyl (C=O) groups is 2. The molecule has 2 amide bonds. The summed E-state index contributed by atoms with van der Waals surface area (Å²) in [6.07, 6.45) is 2.35. The van der Waals surface area contributed by atoms with E-state index in [2.05, 4.69) is 0 Å². The van der Waals surface area contributed by atoms with Gasteiger partial charge in [-0.2, -0.15) is 0 Å². The lowest BCUT2D eigenvalue weighted by molar-refractivity contribution is -0.132. The number of carbonyl (C=O) groups excluding carboxylic acids is 2. The number of rotatable bonds is 5. The van der Waals surface area contributed by atoms with Crippen molar-refractivity contribution in [3.8, 4) is 5.75 Å². The van der Waals surface area contributed by atoms with Crippen LogP contribution in [0.2, 0.25) is 0 Å². The topological polar surface area (TPSA) is 78.9 Å². The molecule has 0 bridgehead atoms. The molecule has 1 heterocycles. The number of benzene rings is 1. The fourth-order valence-corrected chi connectivity index (χ4v) is 2.25. The predicted molar refractivity (Wildman–Crippen MR) is 75.7 cm³/mol. The Morgan fingerprint density at radius 2 is 2.10 bits per heavy atom. The molecule has 0 unspecified atom stereocenters. The first-order chi connectivity index (χ1) is 10.1. The zero-order valence-corrected chi connectivity index (χ0v) is 11.8. The minimum atomic E-state index is -0.583. The molecular weight excluding hydrogens is 272 g/mol.